The minimum atomic E-state index is -0.380. The lowest BCUT2D eigenvalue weighted by atomic mass is 10.2. The third-order valence-electron chi connectivity index (χ3n) is 6.70. The average molecular weight is 485 g/mol. The number of fused-ring (bicyclic) bond motifs is 4. The highest BCUT2D eigenvalue weighted by Crippen LogP contribution is 2.20. The number of likely N-dealkylation sites (N-methyl/N-ethyl adjacent to an activating group) is 1. The molecule has 0 radical (unpaired) electrons. The predicted octanol–water partition coefficient (Wildman–Crippen LogP) is -0.771. The maximum absolute atomic E-state index is 13.2. The largest absolute Gasteiger partial charge is 0.489 e. The van der Waals surface area contributed by atoms with Crippen molar-refractivity contribution in [2.24, 2.45) is 0 Å². The van der Waals surface area contributed by atoms with Gasteiger partial charge in [0, 0.05) is 32.4 Å². The molecular formula is C23H32N8O4. The zero-order valence-corrected chi connectivity index (χ0v) is 20.0. The van der Waals surface area contributed by atoms with Crippen LogP contribution in [0.15, 0.2) is 24.5 Å². The Hall–Kier alpha value is -3.09. The first kappa shape index (κ1) is 23.6. The molecule has 3 aliphatic rings. The lowest BCUT2D eigenvalue weighted by Gasteiger charge is -2.23. The van der Waals surface area contributed by atoms with Gasteiger partial charge in [-0.05, 0) is 38.7 Å². The standard InChI is InChI=1S/C23H32N8O4/c1-28-6-3-7-29(9-8-28)15-21(32)30-13-18-20(14-30)35-16-17-12-31(27-26-17)10-11-34-19-4-2-5-24-22(19)23(33)25-18/h2,4-5,12,18,20H,3,6-11,13-16H2,1H3,(H,25,33)/t18-,20-/m0/s1. The van der Waals surface area contributed by atoms with Gasteiger partial charge >= 0.3 is 0 Å². The summed E-state index contributed by atoms with van der Waals surface area (Å²) < 4.78 is 13.7. The maximum atomic E-state index is 13.2. The summed E-state index contributed by atoms with van der Waals surface area (Å²) >= 11 is 0. The Morgan fingerprint density at radius 2 is 2.11 bits per heavy atom. The molecule has 5 heterocycles. The topological polar surface area (TPSA) is 118 Å². The number of nitrogens with one attached hydrogen (secondary N) is 1. The summed E-state index contributed by atoms with van der Waals surface area (Å²) in [6.45, 7) is 5.95. The zero-order valence-electron chi connectivity index (χ0n) is 20.0. The van der Waals surface area contributed by atoms with Gasteiger partial charge in [-0.3, -0.25) is 14.5 Å². The van der Waals surface area contributed by atoms with Crippen molar-refractivity contribution in [1.29, 1.82) is 0 Å². The number of likely N-dealkylation sites (tertiary alicyclic amines) is 1. The van der Waals surface area contributed by atoms with E-state index in [1.807, 2.05) is 6.20 Å². The summed E-state index contributed by atoms with van der Waals surface area (Å²) in [6.07, 6.45) is 4.05. The highest BCUT2D eigenvalue weighted by atomic mass is 16.5. The van der Waals surface area contributed by atoms with Gasteiger partial charge in [-0.1, -0.05) is 5.21 Å². The first-order valence-corrected chi connectivity index (χ1v) is 12.1. The SMILES string of the molecule is CN1CCCN(CC(=O)N2C[C@@H]3NC(=O)c4ncccc4OCCn4cc(nn4)CO[C@H]3C2)CC1. The molecule has 0 aromatic carbocycles. The van der Waals surface area contributed by atoms with E-state index in [1.165, 1.54) is 0 Å². The number of carbonyl (C=O) groups is 2. The lowest BCUT2D eigenvalue weighted by molar-refractivity contribution is -0.132. The van der Waals surface area contributed by atoms with Crippen molar-refractivity contribution in [1.82, 2.24) is 40.0 Å². The van der Waals surface area contributed by atoms with Crippen molar-refractivity contribution in [3.63, 3.8) is 0 Å². The summed E-state index contributed by atoms with van der Waals surface area (Å²) in [5, 5.41) is 11.3. The Bertz CT molecular complexity index is 1050. The first-order chi connectivity index (χ1) is 17.0. The van der Waals surface area contributed by atoms with Gasteiger partial charge in [0.2, 0.25) is 5.91 Å². The molecule has 5 rings (SSSR count). The van der Waals surface area contributed by atoms with Gasteiger partial charge in [0.25, 0.3) is 5.91 Å². The Balaban J connectivity index is 1.31. The van der Waals surface area contributed by atoms with Crippen LogP contribution in [0.2, 0.25) is 0 Å². The van der Waals surface area contributed by atoms with Crippen molar-refractivity contribution >= 4 is 11.8 Å². The van der Waals surface area contributed by atoms with Gasteiger partial charge in [-0.25, -0.2) is 9.67 Å². The second-order valence-electron chi connectivity index (χ2n) is 9.33. The van der Waals surface area contributed by atoms with Crippen molar-refractivity contribution < 1.29 is 19.1 Å². The van der Waals surface area contributed by atoms with Crippen LogP contribution < -0.4 is 10.1 Å². The van der Waals surface area contributed by atoms with E-state index in [9.17, 15) is 9.59 Å². The predicted molar refractivity (Wildman–Crippen MR) is 125 cm³/mol. The van der Waals surface area contributed by atoms with Crippen LogP contribution in [0, 0.1) is 0 Å². The molecule has 2 aromatic heterocycles. The molecule has 35 heavy (non-hydrogen) atoms. The van der Waals surface area contributed by atoms with Gasteiger partial charge in [0.1, 0.15) is 12.3 Å². The molecule has 0 spiro atoms. The second-order valence-corrected chi connectivity index (χ2v) is 9.33. The van der Waals surface area contributed by atoms with E-state index in [0.29, 0.717) is 44.2 Å². The molecule has 2 fully saturated rings. The minimum Gasteiger partial charge on any atom is -0.489 e. The quantitative estimate of drug-likeness (QED) is 0.586. The molecule has 12 nitrogen and oxygen atoms in total. The van der Waals surface area contributed by atoms with Gasteiger partial charge in [0.05, 0.1) is 38.0 Å². The number of amides is 2. The van der Waals surface area contributed by atoms with Crippen LogP contribution >= 0.6 is 0 Å². The Morgan fingerprint density at radius 3 is 3.03 bits per heavy atom. The van der Waals surface area contributed by atoms with Crippen LogP contribution in [0.5, 0.6) is 5.75 Å². The van der Waals surface area contributed by atoms with Crippen LogP contribution in [-0.4, -0.2) is 118 Å². The molecule has 2 saturated heterocycles. The van der Waals surface area contributed by atoms with E-state index in [4.69, 9.17) is 9.47 Å². The summed E-state index contributed by atoms with van der Waals surface area (Å²) in [4.78, 5) is 36.8. The van der Waals surface area contributed by atoms with Crippen LogP contribution in [0.3, 0.4) is 0 Å². The molecule has 2 amide bonds. The minimum absolute atomic E-state index is 0.0469. The normalized spacial score (nSPS) is 24.5. The number of rotatable bonds is 2. The van der Waals surface area contributed by atoms with E-state index in [2.05, 4.69) is 37.5 Å². The number of nitrogens with zero attached hydrogens (tertiary/aromatic N) is 7. The summed E-state index contributed by atoms with van der Waals surface area (Å²) in [5.41, 5.74) is 0.897. The van der Waals surface area contributed by atoms with Crippen molar-refractivity contribution in [2.45, 2.75) is 31.7 Å². The first-order valence-electron chi connectivity index (χ1n) is 12.1. The molecule has 2 aromatic rings. The van der Waals surface area contributed by atoms with Gasteiger partial charge < -0.3 is 24.6 Å². The number of aromatic nitrogens is 4. The zero-order chi connectivity index (χ0) is 24.2. The molecule has 188 valence electrons. The van der Waals surface area contributed by atoms with Gasteiger partial charge in [0.15, 0.2) is 11.4 Å². The van der Waals surface area contributed by atoms with Crippen molar-refractivity contribution in [3.8, 4) is 5.75 Å². The summed E-state index contributed by atoms with van der Waals surface area (Å²) in [5.74, 6) is 0.0977. The van der Waals surface area contributed by atoms with Crippen LogP contribution in [0.25, 0.3) is 0 Å². The molecule has 0 aliphatic carbocycles. The third kappa shape index (κ3) is 5.77. The van der Waals surface area contributed by atoms with Gasteiger partial charge in [-0.2, -0.15) is 0 Å². The number of pyridine rings is 1. The van der Waals surface area contributed by atoms with Crippen LogP contribution in [-0.2, 0) is 22.7 Å². The Kier molecular flexibility index (Phi) is 7.21. The molecule has 3 aliphatic heterocycles. The number of hydrogen-bond donors (Lipinski definition) is 1. The smallest absolute Gasteiger partial charge is 0.274 e. The van der Waals surface area contributed by atoms with Crippen LogP contribution in [0.4, 0.5) is 0 Å². The van der Waals surface area contributed by atoms with E-state index in [1.54, 1.807) is 27.9 Å². The lowest BCUT2D eigenvalue weighted by Crippen LogP contribution is -2.45. The Labute approximate surface area is 204 Å². The monoisotopic (exact) mass is 484 g/mol. The molecule has 0 unspecified atom stereocenters. The molecule has 12 heteroatoms. The molecule has 0 saturated carbocycles. The molecule has 2 atom stereocenters. The van der Waals surface area contributed by atoms with E-state index < -0.39 is 0 Å². The number of carbonyl (C=O) groups excluding carboxylic acids is 2. The second kappa shape index (κ2) is 10.7. The summed E-state index contributed by atoms with van der Waals surface area (Å²) in [7, 11) is 2.11. The van der Waals surface area contributed by atoms with Crippen LogP contribution in [0.1, 0.15) is 22.6 Å². The fourth-order valence-corrected chi connectivity index (χ4v) is 4.70. The number of ether oxygens (including phenoxy) is 2. The van der Waals surface area contributed by atoms with E-state index >= 15 is 0 Å². The summed E-state index contributed by atoms with van der Waals surface area (Å²) in [6, 6.07) is 3.07. The molecular weight excluding hydrogens is 452 g/mol. The van der Waals surface area contributed by atoms with Gasteiger partial charge in [-0.15, -0.1) is 5.10 Å². The highest BCUT2D eigenvalue weighted by Gasteiger charge is 2.38. The fraction of sp³-hybridized carbons (Fsp3) is 0.609. The van der Waals surface area contributed by atoms with Crippen molar-refractivity contribution in [2.75, 3.05) is 59.5 Å². The van der Waals surface area contributed by atoms with Crippen molar-refractivity contribution in [3.05, 3.63) is 35.9 Å². The fourth-order valence-electron chi connectivity index (χ4n) is 4.70. The number of hydrogen-bond acceptors (Lipinski definition) is 9. The molecule has 2 bridgehead atoms. The van der Waals surface area contributed by atoms with E-state index in [-0.39, 0.29) is 36.3 Å². The van der Waals surface area contributed by atoms with E-state index in [0.717, 1.165) is 32.6 Å². The maximum Gasteiger partial charge on any atom is 0.274 e. The highest BCUT2D eigenvalue weighted by molar-refractivity contribution is 5.95. The average Bonchev–Trinajstić information content (AvgIpc) is 3.42. The molecule has 1 N–H and O–H groups in total. The Morgan fingerprint density at radius 1 is 1.20 bits per heavy atom. The third-order valence-corrected chi connectivity index (χ3v) is 6.70.